The van der Waals surface area contributed by atoms with Gasteiger partial charge in [-0.05, 0) is 74.8 Å². The van der Waals surface area contributed by atoms with Crippen LogP contribution in [0.3, 0.4) is 0 Å². The SMILES string of the molecule is O=C(O)C1CCN(Cc2ccc3cc(OC4CCC(C5CCCC5)CC4)ccc3n2)C1. The molecule has 3 aliphatic rings. The van der Waals surface area contributed by atoms with Crippen LogP contribution in [0.1, 0.15) is 63.5 Å². The van der Waals surface area contributed by atoms with Crippen LogP contribution in [-0.4, -0.2) is 40.2 Å². The molecular formula is C26H34N2O3. The lowest BCUT2D eigenvalue weighted by Gasteiger charge is -2.32. The zero-order valence-corrected chi connectivity index (χ0v) is 18.3. The summed E-state index contributed by atoms with van der Waals surface area (Å²) < 4.78 is 6.35. The van der Waals surface area contributed by atoms with Crippen molar-refractivity contribution in [3.05, 3.63) is 36.0 Å². The Kier molecular flexibility index (Phi) is 6.13. The Bertz CT molecular complexity index is 916. The quantitative estimate of drug-likeness (QED) is 0.687. The van der Waals surface area contributed by atoms with E-state index in [0.29, 0.717) is 19.2 Å². The summed E-state index contributed by atoms with van der Waals surface area (Å²) in [5.74, 6) is 1.94. The van der Waals surface area contributed by atoms with Crippen LogP contribution >= 0.6 is 0 Å². The number of aromatic nitrogens is 1. The summed E-state index contributed by atoms with van der Waals surface area (Å²) in [4.78, 5) is 18.2. The van der Waals surface area contributed by atoms with Gasteiger partial charge in [0.25, 0.3) is 0 Å². The highest BCUT2D eigenvalue weighted by atomic mass is 16.5. The highest BCUT2D eigenvalue weighted by molar-refractivity contribution is 5.80. The van der Waals surface area contributed by atoms with E-state index in [-0.39, 0.29) is 5.92 Å². The van der Waals surface area contributed by atoms with Crippen LogP contribution in [0.5, 0.6) is 5.75 Å². The number of hydrogen-bond donors (Lipinski definition) is 1. The molecule has 1 aromatic carbocycles. The van der Waals surface area contributed by atoms with Crippen molar-refractivity contribution in [2.24, 2.45) is 17.8 Å². The molecule has 5 rings (SSSR count). The number of carbonyl (C=O) groups is 1. The van der Waals surface area contributed by atoms with E-state index in [1.807, 2.05) is 0 Å². The van der Waals surface area contributed by atoms with E-state index in [1.54, 1.807) is 0 Å². The van der Waals surface area contributed by atoms with Crippen molar-refractivity contribution in [1.29, 1.82) is 0 Å². The van der Waals surface area contributed by atoms with Gasteiger partial charge in [-0.25, -0.2) is 0 Å². The summed E-state index contributed by atoms with van der Waals surface area (Å²) in [6.07, 6.45) is 11.9. The number of benzene rings is 1. The summed E-state index contributed by atoms with van der Waals surface area (Å²) in [6.45, 7) is 2.15. The Balaban J connectivity index is 1.17. The molecule has 2 aliphatic carbocycles. The number of carboxylic acid groups (broad SMARTS) is 1. The minimum Gasteiger partial charge on any atom is -0.490 e. The Morgan fingerprint density at radius 2 is 1.77 bits per heavy atom. The van der Waals surface area contributed by atoms with E-state index in [1.165, 1.54) is 51.4 Å². The molecule has 1 unspecified atom stereocenters. The molecule has 3 fully saturated rings. The highest BCUT2D eigenvalue weighted by Gasteiger charge is 2.30. The number of aliphatic carboxylic acids is 1. The van der Waals surface area contributed by atoms with Crippen LogP contribution in [0, 0.1) is 17.8 Å². The van der Waals surface area contributed by atoms with Gasteiger partial charge < -0.3 is 9.84 Å². The molecule has 0 spiro atoms. The maximum Gasteiger partial charge on any atom is 0.307 e. The Hall–Kier alpha value is -2.14. The number of fused-ring (bicyclic) bond motifs is 1. The van der Waals surface area contributed by atoms with Crippen LogP contribution in [0.25, 0.3) is 10.9 Å². The van der Waals surface area contributed by atoms with Gasteiger partial charge in [-0.2, -0.15) is 0 Å². The first kappa shape index (κ1) is 20.7. The lowest BCUT2D eigenvalue weighted by molar-refractivity contribution is -0.141. The number of rotatable bonds is 6. The smallest absolute Gasteiger partial charge is 0.307 e. The molecule has 1 saturated heterocycles. The van der Waals surface area contributed by atoms with Gasteiger partial charge in [0.05, 0.1) is 23.2 Å². The molecule has 2 aromatic rings. The summed E-state index contributed by atoms with van der Waals surface area (Å²) in [5, 5.41) is 10.3. The predicted octanol–water partition coefficient (Wildman–Crippen LogP) is 5.27. The van der Waals surface area contributed by atoms with Gasteiger partial charge >= 0.3 is 5.97 Å². The topological polar surface area (TPSA) is 62.7 Å². The van der Waals surface area contributed by atoms with Crippen molar-refractivity contribution in [1.82, 2.24) is 9.88 Å². The van der Waals surface area contributed by atoms with E-state index in [0.717, 1.165) is 47.1 Å². The lowest BCUT2D eigenvalue weighted by atomic mass is 9.78. The van der Waals surface area contributed by atoms with E-state index < -0.39 is 5.97 Å². The second kappa shape index (κ2) is 9.15. The molecule has 5 heteroatoms. The molecule has 1 aliphatic heterocycles. The summed E-state index contributed by atoms with van der Waals surface area (Å²) >= 11 is 0. The van der Waals surface area contributed by atoms with Crippen LogP contribution in [0.4, 0.5) is 0 Å². The van der Waals surface area contributed by atoms with Gasteiger partial charge in [0, 0.05) is 18.5 Å². The molecule has 0 amide bonds. The third kappa shape index (κ3) is 4.87. The van der Waals surface area contributed by atoms with Crippen LogP contribution in [0.15, 0.2) is 30.3 Å². The third-order valence-electron chi connectivity index (χ3n) is 7.81. The molecule has 0 radical (unpaired) electrons. The standard InChI is InChI=1S/C26H34N2O3/c29-26(30)21-13-14-28(16-21)17-22-8-5-20-15-24(11-12-25(20)27-22)31-23-9-6-19(7-10-23)18-3-1-2-4-18/h5,8,11-12,15,18-19,21,23H,1-4,6-7,9-10,13-14,16-17H2,(H,29,30). The average molecular weight is 423 g/mol. The van der Waals surface area contributed by atoms with Crippen molar-refractivity contribution in [3.63, 3.8) is 0 Å². The maximum absolute atomic E-state index is 11.2. The van der Waals surface area contributed by atoms with Crippen molar-refractivity contribution in [2.45, 2.75) is 70.4 Å². The third-order valence-corrected chi connectivity index (χ3v) is 7.81. The molecular weight excluding hydrogens is 388 g/mol. The minimum absolute atomic E-state index is 0.242. The fraction of sp³-hybridized carbons (Fsp3) is 0.615. The second-order valence-electron chi connectivity index (χ2n) is 9.92. The number of ether oxygens (including phenoxy) is 1. The van der Waals surface area contributed by atoms with Gasteiger partial charge in [-0.15, -0.1) is 0 Å². The Labute approximate surface area is 184 Å². The Morgan fingerprint density at radius 3 is 2.52 bits per heavy atom. The summed E-state index contributed by atoms with van der Waals surface area (Å²) in [5.41, 5.74) is 1.97. The normalized spacial score (nSPS) is 27.7. The first-order valence-electron chi connectivity index (χ1n) is 12.2. The average Bonchev–Trinajstić information content (AvgIpc) is 3.47. The monoisotopic (exact) mass is 422 g/mol. The maximum atomic E-state index is 11.2. The van der Waals surface area contributed by atoms with E-state index in [2.05, 4.69) is 35.2 Å². The highest BCUT2D eigenvalue weighted by Crippen LogP contribution is 2.40. The molecule has 31 heavy (non-hydrogen) atoms. The van der Waals surface area contributed by atoms with Crippen molar-refractivity contribution >= 4 is 16.9 Å². The van der Waals surface area contributed by atoms with Crippen molar-refractivity contribution in [2.75, 3.05) is 13.1 Å². The fourth-order valence-electron chi connectivity index (χ4n) is 6.01. The van der Waals surface area contributed by atoms with Crippen molar-refractivity contribution < 1.29 is 14.6 Å². The van der Waals surface area contributed by atoms with E-state index in [9.17, 15) is 9.90 Å². The van der Waals surface area contributed by atoms with Crippen molar-refractivity contribution in [3.8, 4) is 5.75 Å². The first-order valence-corrected chi connectivity index (χ1v) is 12.2. The fourth-order valence-corrected chi connectivity index (χ4v) is 6.01. The van der Waals surface area contributed by atoms with Crippen LogP contribution in [-0.2, 0) is 11.3 Å². The van der Waals surface area contributed by atoms with Gasteiger partial charge in [-0.3, -0.25) is 14.7 Å². The number of carboxylic acids is 1. The molecule has 2 heterocycles. The van der Waals surface area contributed by atoms with Gasteiger partial charge in [0.1, 0.15) is 5.75 Å². The molecule has 1 atom stereocenters. The zero-order valence-electron chi connectivity index (χ0n) is 18.3. The summed E-state index contributed by atoms with van der Waals surface area (Å²) in [6, 6.07) is 10.4. The lowest BCUT2D eigenvalue weighted by Crippen LogP contribution is -2.27. The zero-order chi connectivity index (χ0) is 21.2. The summed E-state index contributed by atoms with van der Waals surface area (Å²) in [7, 11) is 0. The van der Waals surface area contributed by atoms with E-state index in [4.69, 9.17) is 9.72 Å². The molecule has 0 bridgehead atoms. The molecule has 1 aromatic heterocycles. The van der Waals surface area contributed by atoms with Gasteiger partial charge in [-0.1, -0.05) is 31.7 Å². The molecule has 2 saturated carbocycles. The first-order chi connectivity index (χ1) is 15.1. The predicted molar refractivity (Wildman–Crippen MR) is 121 cm³/mol. The number of pyridine rings is 1. The second-order valence-corrected chi connectivity index (χ2v) is 9.92. The van der Waals surface area contributed by atoms with Crippen LogP contribution < -0.4 is 4.74 Å². The minimum atomic E-state index is -0.687. The molecule has 166 valence electrons. The number of likely N-dealkylation sites (tertiary alicyclic amines) is 1. The van der Waals surface area contributed by atoms with Gasteiger partial charge in [0.15, 0.2) is 0 Å². The number of hydrogen-bond acceptors (Lipinski definition) is 4. The number of nitrogens with zero attached hydrogens (tertiary/aromatic N) is 2. The molecule has 5 nitrogen and oxygen atoms in total. The van der Waals surface area contributed by atoms with Gasteiger partial charge in [0.2, 0.25) is 0 Å². The largest absolute Gasteiger partial charge is 0.490 e. The molecule has 1 N–H and O–H groups in total. The Morgan fingerprint density at radius 1 is 1.00 bits per heavy atom. The van der Waals surface area contributed by atoms with Crippen LogP contribution in [0.2, 0.25) is 0 Å². The van der Waals surface area contributed by atoms with E-state index >= 15 is 0 Å².